The minimum Gasteiger partial charge on any atom is -0.336 e. The van der Waals surface area contributed by atoms with Gasteiger partial charge in [-0.2, -0.15) is 0 Å². The summed E-state index contributed by atoms with van der Waals surface area (Å²) in [7, 11) is 0. The largest absolute Gasteiger partial charge is 0.336 e. The molecular weight excluding hydrogens is 436 g/mol. The normalized spacial score (nSPS) is 19.4. The van der Waals surface area contributed by atoms with E-state index in [1.54, 1.807) is 11.0 Å². The van der Waals surface area contributed by atoms with Crippen LogP contribution in [0.15, 0.2) is 42.5 Å². The summed E-state index contributed by atoms with van der Waals surface area (Å²) in [6.45, 7) is 8.61. The van der Waals surface area contributed by atoms with E-state index < -0.39 is 0 Å². The molecule has 0 bridgehead atoms. The molecule has 0 radical (unpaired) electrons. The van der Waals surface area contributed by atoms with Crippen molar-refractivity contribution in [3.05, 3.63) is 64.2 Å². The molecule has 2 fully saturated rings. The number of halogens is 1. The number of anilines is 1. The zero-order valence-electron chi connectivity index (χ0n) is 19.0. The number of rotatable bonds is 6. The van der Waals surface area contributed by atoms with E-state index in [1.165, 1.54) is 38.9 Å². The quantitative estimate of drug-likeness (QED) is 0.650. The molecule has 3 aliphatic rings. The van der Waals surface area contributed by atoms with Crippen molar-refractivity contribution in [3.63, 3.8) is 0 Å². The fourth-order valence-electron chi connectivity index (χ4n) is 5.21. The third-order valence-electron chi connectivity index (χ3n) is 7.10. The van der Waals surface area contributed by atoms with Crippen LogP contribution in [0.5, 0.6) is 0 Å². The summed E-state index contributed by atoms with van der Waals surface area (Å²) < 4.78 is 0. The summed E-state index contributed by atoms with van der Waals surface area (Å²) in [5.41, 5.74) is 2.85. The average molecular weight is 467 g/mol. The maximum Gasteiger partial charge on any atom is 0.260 e. The van der Waals surface area contributed by atoms with Gasteiger partial charge in [-0.15, -0.1) is 0 Å². The zero-order chi connectivity index (χ0) is 22.8. The van der Waals surface area contributed by atoms with Gasteiger partial charge in [-0.1, -0.05) is 29.8 Å². The SMILES string of the molecule is O=C(c1cccc(N2Cc3cccc(Cl)c3C2=O)c1)N1CCN(CCCN2CCCC2)CC1. The van der Waals surface area contributed by atoms with E-state index in [9.17, 15) is 9.59 Å². The van der Waals surface area contributed by atoms with Crippen LogP contribution >= 0.6 is 11.6 Å². The van der Waals surface area contributed by atoms with Gasteiger partial charge in [-0.05, 0) is 75.3 Å². The summed E-state index contributed by atoms with van der Waals surface area (Å²) in [5.74, 6) is -0.0708. The van der Waals surface area contributed by atoms with E-state index in [1.807, 2.05) is 41.3 Å². The molecule has 5 rings (SSSR count). The molecule has 0 aliphatic carbocycles. The molecule has 2 amide bonds. The van der Waals surface area contributed by atoms with Crippen LogP contribution in [0, 0.1) is 0 Å². The first-order valence-electron chi connectivity index (χ1n) is 12.0. The Bertz CT molecular complexity index is 1030. The second-order valence-corrected chi connectivity index (χ2v) is 9.66. The Hall–Kier alpha value is -2.41. The van der Waals surface area contributed by atoms with Gasteiger partial charge < -0.3 is 14.7 Å². The van der Waals surface area contributed by atoms with Gasteiger partial charge in [0.15, 0.2) is 0 Å². The number of carbonyl (C=O) groups is 2. The molecule has 0 N–H and O–H groups in total. The van der Waals surface area contributed by atoms with E-state index in [0.29, 0.717) is 22.7 Å². The summed E-state index contributed by atoms with van der Waals surface area (Å²) in [6, 6.07) is 13.0. The van der Waals surface area contributed by atoms with Crippen molar-refractivity contribution < 1.29 is 9.59 Å². The minimum absolute atomic E-state index is 0.0377. The first-order chi connectivity index (χ1) is 16.1. The highest BCUT2D eigenvalue weighted by Crippen LogP contribution is 2.33. The number of hydrogen-bond donors (Lipinski definition) is 0. The van der Waals surface area contributed by atoms with Crippen LogP contribution < -0.4 is 4.90 Å². The lowest BCUT2D eigenvalue weighted by atomic mass is 10.1. The highest BCUT2D eigenvalue weighted by molar-refractivity contribution is 6.35. The molecule has 2 saturated heterocycles. The third-order valence-corrected chi connectivity index (χ3v) is 7.41. The molecule has 33 heavy (non-hydrogen) atoms. The van der Waals surface area contributed by atoms with E-state index >= 15 is 0 Å². The molecule has 0 spiro atoms. The number of likely N-dealkylation sites (tertiary alicyclic amines) is 1. The summed E-state index contributed by atoms with van der Waals surface area (Å²) in [4.78, 5) is 34.8. The van der Waals surface area contributed by atoms with Crippen molar-refractivity contribution >= 4 is 29.1 Å². The van der Waals surface area contributed by atoms with Crippen LogP contribution in [0.25, 0.3) is 0 Å². The molecule has 0 atom stereocenters. The predicted molar refractivity (Wildman–Crippen MR) is 131 cm³/mol. The molecule has 2 aromatic carbocycles. The molecule has 6 nitrogen and oxygen atoms in total. The van der Waals surface area contributed by atoms with Gasteiger partial charge in [-0.25, -0.2) is 0 Å². The molecule has 0 aromatic heterocycles. The second kappa shape index (κ2) is 9.84. The van der Waals surface area contributed by atoms with Crippen molar-refractivity contribution in [2.24, 2.45) is 0 Å². The van der Waals surface area contributed by atoms with Gasteiger partial charge >= 0.3 is 0 Å². The molecule has 7 heteroatoms. The van der Waals surface area contributed by atoms with Crippen molar-refractivity contribution in [1.82, 2.24) is 14.7 Å². The predicted octanol–water partition coefficient (Wildman–Crippen LogP) is 3.74. The van der Waals surface area contributed by atoms with E-state index in [2.05, 4.69) is 9.80 Å². The van der Waals surface area contributed by atoms with E-state index in [-0.39, 0.29) is 11.8 Å². The minimum atomic E-state index is -0.109. The maximum atomic E-state index is 13.2. The van der Waals surface area contributed by atoms with Crippen LogP contribution in [-0.4, -0.2) is 78.9 Å². The maximum absolute atomic E-state index is 13.2. The number of benzene rings is 2. The van der Waals surface area contributed by atoms with Crippen molar-refractivity contribution in [2.45, 2.75) is 25.8 Å². The van der Waals surface area contributed by atoms with E-state index in [0.717, 1.165) is 44.0 Å². The van der Waals surface area contributed by atoms with Crippen LogP contribution in [0.4, 0.5) is 5.69 Å². The number of nitrogens with zero attached hydrogens (tertiary/aromatic N) is 4. The number of carbonyl (C=O) groups excluding carboxylic acids is 2. The van der Waals surface area contributed by atoms with Crippen molar-refractivity contribution in [1.29, 1.82) is 0 Å². The summed E-state index contributed by atoms with van der Waals surface area (Å²) in [6.07, 6.45) is 3.88. The fourth-order valence-corrected chi connectivity index (χ4v) is 5.49. The third kappa shape index (κ3) is 4.79. The lowest BCUT2D eigenvalue weighted by Gasteiger charge is -2.35. The highest BCUT2D eigenvalue weighted by Gasteiger charge is 2.31. The van der Waals surface area contributed by atoms with Crippen molar-refractivity contribution in [2.75, 3.05) is 57.3 Å². The first-order valence-corrected chi connectivity index (χ1v) is 12.4. The lowest BCUT2D eigenvalue weighted by Crippen LogP contribution is -2.49. The Morgan fingerprint density at radius 3 is 2.30 bits per heavy atom. The summed E-state index contributed by atoms with van der Waals surface area (Å²) in [5, 5.41) is 0.477. The van der Waals surface area contributed by atoms with Crippen LogP contribution in [0.2, 0.25) is 5.02 Å². The smallest absolute Gasteiger partial charge is 0.260 e. The number of fused-ring (bicyclic) bond motifs is 1. The molecule has 0 unspecified atom stereocenters. The Kier molecular flexibility index (Phi) is 6.67. The number of piperazine rings is 1. The highest BCUT2D eigenvalue weighted by atomic mass is 35.5. The first kappa shape index (κ1) is 22.4. The topological polar surface area (TPSA) is 47.1 Å². The molecule has 174 valence electrons. The van der Waals surface area contributed by atoms with E-state index in [4.69, 9.17) is 11.6 Å². The molecule has 3 heterocycles. The average Bonchev–Trinajstić information content (AvgIpc) is 3.48. The van der Waals surface area contributed by atoms with Gasteiger partial charge in [0.2, 0.25) is 0 Å². The fraction of sp³-hybridized carbons (Fsp3) is 0.462. The molecule has 2 aromatic rings. The second-order valence-electron chi connectivity index (χ2n) is 9.25. The number of hydrogen-bond acceptors (Lipinski definition) is 4. The van der Waals surface area contributed by atoms with Gasteiger partial charge in [0.1, 0.15) is 0 Å². The van der Waals surface area contributed by atoms with Crippen LogP contribution in [0.3, 0.4) is 0 Å². The molecule has 3 aliphatic heterocycles. The Morgan fingerprint density at radius 1 is 0.879 bits per heavy atom. The molecule has 0 saturated carbocycles. The Labute approximate surface area is 200 Å². The molecular formula is C26H31ClN4O2. The van der Waals surface area contributed by atoms with Gasteiger partial charge in [-0.3, -0.25) is 14.5 Å². The monoisotopic (exact) mass is 466 g/mol. The lowest BCUT2D eigenvalue weighted by molar-refractivity contribution is 0.0632. The van der Waals surface area contributed by atoms with Gasteiger partial charge in [0.05, 0.1) is 17.1 Å². The Morgan fingerprint density at radius 2 is 1.58 bits per heavy atom. The standard InChI is InChI=1S/C26H31ClN4O2/c27-23-9-4-7-21-19-31(26(33)24(21)23)22-8-3-6-20(18-22)25(32)30-16-14-29(15-17-30)13-5-12-28-10-1-2-11-28/h3-4,6-9,18H,1-2,5,10-17,19H2. The Balaban J connectivity index is 1.17. The van der Waals surface area contributed by atoms with Crippen LogP contribution in [0.1, 0.15) is 45.5 Å². The zero-order valence-corrected chi connectivity index (χ0v) is 19.8. The van der Waals surface area contributed by atoms with Crippen LogP contribution in [-0.2, 0) is 6.54 Å². The van der Waals surface area contributed by atoms with Gasteiger partial charge in [0, 0.05) is 37.4 Å². The number of amides is 2. The van der Waals surface area contributed by atoms with Gasteiger partial charge in [0.25, 0.3) is 11.8 Å². The van der Waals surface area contributed by atoms with Crippen molar-refractivity contribution in [3.8, 4) is 0 Å². The summed E-state index contributed by atoms with van der Waals surface area (Å²) >= 11 is 6.26.